The predicted molar refractivity (Wildman–Crippen MR) is 64.7 cm³/mol. The standard InChI is InChI=1S/C12H20N2O3/c15-9-8-14(13-10-16)12(17)7-6-11-4-2-1-3-5-11/h2,4-5,13,15-16H,1,3,6-10H2. The van der Waals surface area contributed by atoms with E-state index in [0.717, 1.165) is 12.8 Å². The molecule has 0 aliphatic heterocycles. The third-order valence-corrected chi connectivity index (χ3v) is 2.59. The normalized spacial score (nSPS) is 14.6. The van der Waals surface area contributed by atoms with Crippen molar-refractivity contribution in [2.75, 3.05) is 19.9 Å². The van der Waals surface area contributed by atoms with E-state index >= 15 is 0 Å². The van der Waals surface area contributed by atoms with Gasteiger partial charge in [-0.25, -0.2) is 5.43 Å². The van der Waals surface area contributed by atoms with Crippen LogP contribution in [0.5, 0.6) is 0 Å². The van der Waals surface area contributed by atoms with Crippen molar-refractivity contribution in [3.63, 3.8) is 0 Å². The van der Waals surface area contributed by atoms with Crippen molar-refractivity contribution in [3.8, 4) is 0 Å². The Hall–Kier alpha value is -1.17. The van der Waals surface area contributed by atoms with E-state index in [9.17, 15) is 4.79 Å². The van der Waals surface area contributed by atoms with Crippen molar-refractivity contribution in [2.24, 2.45) is 0 Å². The molecule has 0 saturated carbocycles. The topological polar surface area (TPSA) is 72.8 Å². The summed E-state index contributed by atoms with van der Waals surface area (Å²) >= 11 is 0. The molecule has 1 aliphatic carbocycles. The lowest BCUT2D eigenvalue weighted by molar-refractivity contribution is -0.136. The Morgan fingerprint density at radius 2 is 2.24 bits per heavy atom. The molecule has 0 saturated heterocycles. The quantitative estimate of drug-likeness (QED) is 0.442. The van der Waals surface area contributed by atoms with Gasteiger partial charge in [0.25, 0.3) is 0 Å². The molecule has 1 aliphatic rings. The molecule has 0 radical (unpaired) electrons. The number of amides is 1. The summed E-state index contributed by atoms with van der Waals surface area (Å²) in [4.78, 5) is 11.8. The Balaban J connectivity index is 2.35. The summed E-state index contributed by atoms with van der Waals surface area (Å²) in [5.74, 6) is -0.118. The van der Waals surface area contributed by atoms with Gasteiger partial charge in [0.15, 0.2) is 0 Å². The summed E-state index contributed by atoms with van der Waals surface area (Å²) in [5.41, 5.74) is 3.69. The summed E-state index contributed by atoms with van der Waals surface area (Å²) < 4.78 is 0. The second-order valence-corrected chi connectivity index (χ2v) is 3.84. The van der Waals surface area contributed by atoms with E-state index in [4.69, 9.17) is 10.2 Å². The highest BCUT2D eigenvalue weighted by Gasteiger charge is 2.12. The number of nitrogens with zero attached hydrogens (tertiary/aromatic N) is 1. The third-order valence-electron chi connectivity index (χ3n) is 2.59. The molecule has 0 aromatic heterocycles. The number of aliphatic hydroxyl groups excluding tert-OH is 2. The first kappa shape index (κ1) is 13.9. The number of rotatable bonds is 7. The highest BCUT2D eigenvalue weighted by Crippen LogP contribution is 2.15. The molecule has 1 amide bonds. The van der Waals surface area contributed by atoms with Crippen LogP contribution in [0.3, 0.4) is 0 Å². The number of aliphatic hydroxyl groups is 2. The SMILES string of the molecule is O=C(CCC1=CCCC=C1)N(CCO)NCO. The molecule has 0 unspecified atom stereocenters. The fourth-order valence-electron chi connectivity index (χ4n) is 1.72. The molecule has 5 nitrogen and oxygen atoms in total. The molecule has 0 aromatic carbocycles. The lowest BCUT2D eigenvalue weighted by atomic mass is 10.0. The highest BCUT2D eigenvalue weighted by molar-refractivity contribution is 5.76. The summed E-state index contributed by atoms with van der Waals surface area (Å²) in [6, 6.07) is 0. The Kier molecular flexibility index (Phi) is 6.54. The van der Waals surface area contributed by atoms with Crippen LogP contribution in [0.25, 0.3) is 0 Å². The number of carbonyl (C=O) groups excluding carboxylic acids is 1. The predicted octanol–water partition coefficient (Wildman–Crippen LogP) is 0.318. The van der Waals surface area contributed by atoms with Crippen LogP contribution in [0.1, 0.15) is 25.7 Å². The van der Waals surface area contributed by atoms with Crippen LogP contribution < -0.4 is 5.43 Å². The molecule has 0 aromatic rings. The van der Waals surface area contributed by atoms with Gasteiger partial charge < -0.3 is 10.2 Å². The van der Waals surface area contributed by atoms with E-state index in [1.807, 2.05) is 6.08 Å². The molecule has 0 heterocycles. The molecule has 17 heavy (non-hydrogen) atoms. The van der Waals surface area contributed by atoms with E-state index in [1.165, 1.54) is 10.6 Å². The smallest absolute Gasteiger partial charge is 0.237 e. The maximum absolute atomic E-state index is 11.8. The molecule has 3 N–H and O–H groups in total. The Labute approximate surface area is 101 Å². The van der Waals surface area contributed by atoms with Crippen molar-refractivity contribution < 1.29 is 15.0 Å². The van der Waals surface area contributed by atoms with Gasteiger partial charge in [0.05, 0.1) is 13.2 Å². The molecular weight excluding hydrogens is 220 g/mol. The van der Waals surface area contributed by atoms with E-state index < -0.39 is 0 Å². The van der Waals surface area contributed by atoms with Crippen LogP contribution in [0, 0.1) is 0 Å². The number of hydrazine groups is 1. The molecule has 0 atom stereocenters. The van der Waals surface area contributed by atoms with Crippen LogP contribution in [-0.2, 0) is 4.79 Å². The minimum Gasteiger partial charge on any atom is -0.394 e. The fraction of sp³-hybridized carbons (Fsp3) is 0.583. The average Bonchev–Trinajstić information content (AvgIpc) is 2.37. The molecule has 5 heteroatoms. The lowest BCUT2D eigenvalue weighted by Crippen LogP contribution is -2.44. The monoisotopic (exact) mass is 240 g/mol. The van der Waals surface area contributed by atoms with Crippen LogP contribution in [0.4, 0.5) is 0 Å². The minimum absolute atomic E-state index is 0.118. The fourth-order valence-corrected chi connectivity index (χ4v) is 1.72. The zero-order chi connectivity index (χ0) is 12.5. The van der Waals surface area contributed by atoms with Crippen LogP contribution in [0.15, 0.2) is 23.8 Å². The van der Waals surface area contributed by atoms with Gasteiger partial charge >= 0.3 is 0 Å². The minimum atomic E-state index is -0.311. The first-order chi connectivity index (χ1) is 8.27. The Morgan fingerprint density at radius 1 is 1.41 bits per heavy atom. The first-order valence-corrected chi connectivity index (χ1v) is 5.89. The molecule has 1 rings (SSSR count). The average molecular weight is 240 g/mol. The summed E-state index contributed by atoms with van der Waals surface area (Å²) in [6.45, 7) is -0.246. The second kappa shape index (κ2) is 8.00. The van der Waals surface area contributed by atoms with Crippen LogP contribution >= 0.6 is 0 Å². The van der Waals surface area contributed by atoms with Gasteiger partial charge in [-0.05, 0) is 19.3 Å². The van der Waals surface area contributed by atoms with Crippen molar-refractivity contribution in [3.05, 3.63) is 23.8 Å². The number of carbonyl (C=O) groups is 1. The van der Waals surface area contributed by atoms with E-state index in [2.05, 4.69) is 17.6 Å². The zero-order valence-electron chi connectivity index (χ0n) is 9.93. The van der Waals surface area contributed by atoms with Crippen molar-refractivity contribution in [2.45, 2.75) is 25.7 Å². The molecule has 0 bridgehead atoms. The third kappa shape index (κ3) is 5.12. The van der Waals surface area contributed by atoms with Crippen LogP contribution in [-0.4, -0.2) is 41.0 Å². The van der Waals surface area contributed by atoms with E-state index in [0.29, 0.717) is 12.8 Å². The van der Waals surface area contributed by atoms with Gasteiger partial charge in [-0.2, -0.15) is 0 Å². The maximum atomic E-state index is 11.8. The van der Waals surface area contributed by atoms with Gasteiger partial charge in [-0.1, -0.05) is 23.8 Å². The number of hydrogen-bond donors (Lipinski definition) is 3. The number of nitrogens with one attached hydrogen (secondary N) is 1. The van der Waals surface area contributed by atoms with E-state index in [-0.39, 0.29) is 25.8 Å². The summed E-state index contributed by atoms with van der Waals surface area (Å²) in [7, 11) is 0. The van der Waals surface area contributed by atoms with Crippen molar-refractivity contribution in [1.29, 1.82) is 0 Å². The van der Waals surface area contributed by atoms with Gasteiger partial charge in [0.2, 0.25) is 5.91 Å². The van der Waals surface area contributed by atoms with Gasteiger partial charge in [0, 0.05) is 6.42 Å². The van der Waals surface area contributed by atoms with Gasteiger partial charge in [0.1, 0.15) is 6.73 Å². The van der Waals surface area contributed by atoms with E-state index in [1.54, 1.807) is 0 Å². The molecule has 0 fully saturated rings. The molecule has 0 spiro atoms. The van der Waals surface area contributed by atoms with Gasteiger partial charge in [-0.15, -0.1) is 0 Å². The summed E-state index contributed by atoms with van der Waals surface area (Å²) in [5, 5.41) is 18.8. The van der Waals surface area contributed by atoms with Crippen molar-refractivity contribution >= 4 is 5.91 Å². The Morgan fingerprint density at radius 3 is 2.82 bits per heavy atom. The number of allylic oxidation sites excluding steroid dienone is 4. The van der Waals surface area contributed by atoms with Crippen LogP contribution in [0.2, 0.25) is 0 Å². The number of hydrogen-bond acceptors (Lipinski definition) is 4. The molecule has 96 valence electrons. The molecular formula is C12H20N2O3. The van der Waals surface area contributed by atoms with Gasteiger partial charge in [-0.3, -0.25) is 9.80 Å². The Bertz CT molecular complexity index is 294. The highest BCUT2D eigenvalue weighted by atomic mass is 16.3. The zero-order valence-corrected chi connectivity index (χ0v) is 9.93. The first-order valence-electron chi connectivity index (χ1n) is 5.89. The lowest BCUT2D eigenvalue weighted by Gasteiger charge is -2.21. The largest absolute Gasteiger partial charge is 0.394 e. The second-order valence-electron chi connectivity index (χ2n) is 3.84. The maximum Gasteiger partial charge on any atom is 0.237 e. The summed E-state index contributed by atoms with van der Waals surface area (Å²) in [6.07, 6.45) is 9.48. The van der Waals surface area contributed by atoms with Crippen molar-refractivity contribution in [1.82, 2.24) is 10.4 Å².